The van der Waals surface area contributed by atoms with Crippen molar-refractivity contribution in [2.45, 2.75) is 25.3 Å². The van der Waals surface area contributed by atoms with Crippen LogP contribution in [0.2, 0.25) is 0 Å². The Morgan fingerprint density at radius 1 is 1.67 bits per heavy atom. The number of hydrogen-bond acceptors (Lipinski definition) is 3. The molecule has 1 unspecified atom stereocenters. The molecule has 0 heterocycles. The Bertz CT molecular complexity index is 180. The van der Waals surface area contributed by atoms with Gasteiger partial charge in [-0.2, -0.15) is 0 Å². The van der Waals surface area contributed by atoms with Gasteiger partial charge in [0.2, 0.25) is 0 Å². The van der Waals surface area contributed by atoms with E-state index in [1.165, 1.54) is 0 Å². The summed E-state index contributed by atoms with van der Waals surface area (Å²) in [5, 5.41) is 8.78. The Balaban J connectivity index is 4.28. The molecule has 0 aliphatic carbocycles. The molecule has 0 aromatic carbocycles. The zero-order chi connectivity index (χ0) is 9.61. The van der Waals surface area contributed by atoms with Crippen LogP contribution in [0.4, 0.5) is 0 Å². The number of carboxylic acids is 1. The van der Waals surface area contributed by atoms with Gasteiger partial charge in [-0.15, -0.1) is 0 Å². The van der Waals surface area contributed by atoms with Crippen molar-refractivity contribution in [3.8, 4) is 0 Å². The lowest BCUT2D eigenvalue weighted by atomic mass is 9.92. The molecular formula is C8H16N2O2. The second-order valence-electron chi connectivity index (χ2n) is 2.77. The molecule has 0 spiro atoms. The van der Waals surface area contributed by atoms with E-state index in [1.54, 1.807) is 12.2 Å². The van der Waals surface area contributed by atoms with E-state index in [4.69, 9.17) is 16.6 Å². The SMILES string of the molecule is C/C=C/CC(N)(CCN)C(=O)O. The van der Waals surface area contributed by atoms with Gasteiger partial charge in [-0.25, -0.2) is 0 Å². The predicted octanol–water partition coefficient (Wildman–Crippen LogP) is 0.0835. The van der Waals surface area contributed by atoms with E-state index < -0.39 is 11.5 Å². The summed E-state index contributed by atoms with van der Waals surface area (Å²) in [5.74, 6) is -0.994. The van der Waals surface area contributed by atoms with Crippen LogP contribution >= 0.6 is 0 Å². The first-order valence-electron chi connectivity index (χ1n) is 3.90. The van der Waals surface area contributed by atoms with Gasteiger partial charge in [-0.05, 0) is 26.3 Å². The molecular weight excluding hydrogens is 156 g/mol. The maximum absolute atomic E-state index is 10.7. The molecule has 0 saturated heterocycles. The molecule has 0 aromatic rings. The number of nitrogens with two attached hydrogens (primary N) is 2. The monoisotopic (exact) mass is 172 g/mol. The first-order chi connectivity index (χ1) is 5.56. The molecule has 70 valence electrons. The normalized spacial score (nSPS) is 16.2. The van der Waals surface area contributed by atoms with Crippen LogP contribution in [0.3, 0.4) is 0 Å². The van der Waals surface area contributed by atoms with Crippen LogP contribution in [0, 0.1) is 0 Å². The van der Waals surface area contributed by atoms with Gasteiger partial charge >= 0.3 is 5.97 Å². The van der Waals surface area contributed by atoms with Gasteiger partial charge in [0.25, 0.3) is 0 Å². The summed E-state index contributed by atoms with van der Waals surface area (Å²) in [5.41, 5.74) is 9.67. The van der Waals surface area contributed by atoms with Crippen LogP contribution in [0.15, 0.2) is 12.2 Å². The molecule has 0 bridgehead atoms. The molecule has 1 atom stereocenters. The van der Waals surface area contributed by atoms with E-state index in [9.17, 15) is 4.79 Å². The quantitative estimate of drug-likeness (QED) is 0.512. The summed E-state index contributed by atoms with van der Waals surface area (Å²) in [4.78, 5) is 10.7. The molecule has 5 N–H and O–H groups in total. The molecule has 0 fully saturated rings. The van der Waals surface area contributed by atoms with E-state index in [0.717, 1.165) is 0 Å². The van der Waals surface area contributed by atoms with Crippen molar-refractivity contribution in [3.63, 3.8) is 0 Å². The first-order valence-corrected chi connectivity index (χ1v) is 3.90. The minimum Gasteiger partial charge on any atom is -0.480 e. The summed E-state index contributed by atoms with van der Waals surface area (Å²) in [6.45, 7) is 2.12. The number of rotatable bonds is 5. The third kappa shape index (κ3) is 3.02. The van der Waals surface area contributed by atoms with Crippen molar-refractivity contribution >= 4 is 5.97 Å². The summed E-state index contributed by atoms with van der Waals surface area (Å²) in [7, 11) is 0. The molecule has 0 saturated carbocycles. The second kappa shape index (κ2) is 4.90. The van der Waals surface area contributed by atoms with Crippen LogP contribution in [-0.4, -0.2) is 23.2 Å². The first kappa shape index (κ1) is 11.1. The second-order valence-corrected chi connectivity index (χ2v) is 2.77. The third-order valence-corrected chi connectivity index (χ3v) is 1.73. The zero-order valence-electron chi connectivity index (χ0n) is 7.29. The molecule has 12 heavy (non-hydrogen) atoms. The van der Waals surface area contributed by atoms with E-state index >= 15 is 0 Å². The maximum Gasteiger partial charge on any atom is 0.324 e. The number of aliphatic carboxylic acids is 1. The van der Waals surface area contributed by atoms with E-state index in [2.05, 4.69) is 0 Å². The fraction of sp³-hybridized carbons (Fsp3) is 0.625. The Morgan fingerprint density at radius 3 is 2.58 bits per heavy atom. The van der Waals surface area contributed by atoms with Crippen molar-refractivity contribution < 1.29 is 9.90 Å². The summed E-state index contributed by atoms with van der Waals surface area (Å²) in [6.07, 6.45) is 4.15. The van der Waals surface area contributed by atoms with Crippen molar-refractivity contribution in [3.05, 3.63) is 12.2 Å². The minimum atomic E-state index is -1.19. The van der Waals surface area contributed by atoms with Crippen molar-refractivity contribution in [1.82, 2.24) is 0 Å². The highest BCUT2D eigenvalue weighted by Gasteiger charge is 2.31. The highest BCUT2D eigenvalue weighted by molar-refractivity contribution is 5.78. The standard InChI is InChI=1S/C8H16N2O2/c1-2-3-4-8(10,5-6-9)7(11)12/h2-3H,4-6,9-10H2,1H3,(H,11,12)/b3-2+. The predicted molar refractivity (Wildman–Crippen MR) is 47.7 cm³/mol. The molecule has 0 aliphatic rings. The fourth-order valence-corrected chi connectivity index (χ4v) is 0.882. The van der Waals surface area contributed by atoms with Crippen molar-refractivity contribution in [2.75, 3.05) is 6.54 Å². The van der Waals surface area contributed by atoms with Gasteiger partial charge < -0.3 is 16.6 Å². The largest absolute Gasteiger partial charge is 0.480 e. The molecule has 4 nitrogen and oxygen atoms in total. The number of allylic oxidation sites excluding steroid dienone is 1. The van der Waals surface area contributed by atoms with Crippen molar-refractivity contribution in [2.24, 2.45) is 11.5 Å². The lowest BCUT2D eigenvalue weighted by Gasteiger charge is -2.21. The van der Waals surface area contributed by atoms with Gasteiger partial charge in [0.15, 0.2) is 0 Å². The zero-order valence-corrected chi connectivity index (χ0v) is 7.29. The maximum atomic E-state index is 10.7. The summed E-state index contributed by atoms with van der Waals surface area (Å²) in [6, 6.07) is 0. The number of hydrogen-bond donors (Lipinski definition) is 3. The highest BCUT2D eigenvalue weighted by Crippen LogP contribution is 2.12. The average molecular weight is 172 g/mol. The highest BCUT2D eigenvalue weighted by atomic mass is 16.4. The average Bonchev–Trinajstić information content (AvgIpc) is 2.01. The summed E-state index contributed by atoms with van der Waals surface area (Å²) >= 11 is 0. The topological polar surface area (TPSA) is 89.3 Å². The van der Waals surface area contributed by atoms with Crippen LogP contribution in [0.25, 0.3) is 0 Å². The van der Waals surface area contributed by atoms with Gasteiger partial charge in [0, 0.05) is 0 Å². The Morgan fingerprint density at radius 2 is 2.25 bits per heavy atom. The molecule has 0 aromatic heterocycles. The Labute approximate surface area is 72.2 Å². The van der Waals surface area contributed by atoms with Crippen LogP contribution in [0.1, 0.15) is 19.8 Å². The third-order valence-electron chi connectivity index (χ3n) is 1.73. The number of carbonyl (C=O) groups is 1. The van der Waals surface area contributed by atoms with E-state index in [1.807, 2.05) is 6.92 Å². The van der Waals surface area contributed by atoms with Crippen LogP contribution in [0.5, 0.6) is 0 Å². The van der Waals surface area contributed by atoms with Gasteiger partial charge in [-0.3, -0.25) is 4.79 Å². The fourth-order valence-electron chi connectivity index (χ4n) is 0.882. The van der Waals surface area contributed by atoms with Gasteiger partial charge in [0.05, 0.1) is 0 Å². The Kier molecular flexibility index (Phi) is 4.54. The number of carboxylic acid groups (broad SMARTS) is 1. The smallest absolute Gasteiger partial charge is 0.324 e. The molecule has 0 aliphatic heterocycles. The van der Waals surface area contributed by atoms with Crippen LogP contribution in [-0.2, 0) is 4.79 Å². The molecule has 4 heteroatoms. The minimum absolute atomic E-state index is 0.292. The van der Waals surface area contributed by atoms with E-state index in [0.29, 0.717) is 19.4 Å². The lowest BCUT2D eigenvalue weighted by Crippen LogP contribution is -2.48. The van der Waals surface area contributed by atoms with Gasteiger partial charge in [0.1, 0.15) is 5.54 Å². The molecule has 0 radical (unpaired) electrons. The van der Waals surface area contributed by atoms with E-state index in [-0.39, 0.29) is 0 Å². The lowest BCUT2D eigenvalue weighted by molar-refractivity contribution is -0.143. The molecule has 0 amide bonds. The van der Waals surface area contributed by atoms with Gasteiger partial charge in [-0.1, -0.05) is 12.2 Å². The summed E-state index contributed by atoms with van der Waals surface area (Å²) < 4.78 is 0. The van der Waals surface area contributed by atoms with Crippen molar-refractivity contribution in [1.29, 1.82) is 0 Å². The Hall–Kier alpha value is -0.870. The van der Waals surface area contributed by atoms with Crippen LogP contribution < -0.4 is 11.5 Å². The molecule has 0 rings (SSSR count).